The van der Waals surface area contributed by atoms with Crippen LogP contribution in [0.25, 0.3) is 0 Å². The van der Waals surface area contributed by atoms with Crippen LogP contribution in [0.15, 0.2) is 8.26 Å². The fraction of sp³-hybridized carbons (Fsp3) is 0.400. The Labute approximate surface area is 131 Å². The topological polar surface area (TPSA) is 81.9 Å². The van der Waals surface area contributed by atoms with Gasteiger partial charge in [-0.25, -0.2) is 10.6 Å². The molecule has 1 rings (SSSR count). The number of thiophene rings is 1. The number of ether oxygens (including phenoxy) is 2. The number of esters is 1. The summed E-state index contributed by atoms with van der Waals surface area (Å²) < 4.78 is 11.2. The number of nitrogens with zero attached hydrogens (tertiary/aromatic N) is 1. The molecular weight excluding hydrogens is 404 g/mol. The summed E-state index contributed by atoms with van der Waals surface area (Å²) in [5.41, 5.74) is 0. The Balaban J connectivity index is 2.88. The van der Waals surface area contributed by atoms with Crippen LogP contribution in [0.4, 0.5) is 0 Å². The molecule has 0 saturated carbocycles. The number of hydrogen-bond donors (Lipinski definition) is 1. The Morgan fingerprint density at radius 2 is 2.05 bits per heavy atom. The second kappa shape index (κ2) is 7.22. The van der Waals surface area contributed by atoms with Crippen molar-refractivity contribution in [2.24, 2.45) is 5.84 Å². The minimum absolute atomic E-state index is 0.254. The molecule has 0 saturated heterocycles. The Morgan fingerprint density at radius 1 is 1.42 bits per heavy atom. The van der Waals surface area contributed by atoms with Gasteiger partial charge < -0.3 is 9.47 Å². The molecule has 0 aromatic carbocycles. The second-order valence-corrected chi connectivity index (χ2v) is 6.44. The summed E-state index contributed by atoms with van der Waals surface area (Å²) in [5, 5.41) is 1.03. The van der Waals surface area contributed by atoms with Gasteiger partial charge in [-0.3, -0.25) is 9.80 Å². The number of hydrazine groups is 1. The lowest BCUT2D eigenvalue weighted by molar-refractivity contribution is -0.133. The maximum Gasteiger partial charge on any atom is 0.351 e. The molecular formula is C10H12Br2N2O4S. The molecule has 0 aliphatic heterocycles. The van der Waals surface area contributed by atoms with Gasteiger partial charge in [0.25, 0.3) is 5.91 Å². The molecule has 0 fully saturated rings. The smallest absolute Gasteiger partial charge is 0.351 e. The predicted molar refractivity (Wildman–Crippen MR) is 78.1 cm³/mol. The van der Waals surface area contributed by atoms with Crippen molar-refractivity contribution in [3.05, 3.63) is 13.1 Å². The number of carbonyl (C=O) groups is 2. The molecule has 1 heterocycles. The number of carbonyl (C=O) groups excluding carboxylic acids is 2. The lowest BCUT2D eigenvalue weighted by Gasteiger charge is -2.14. The highest BCUT2D eigenvalue weighted by Crippen LogP contribution is 2.43. The van der Waals surface area contributed by atoms with Crippen LogP contribution in [0, 0.1) is 0 Å². The molecule has 1 amide bonds. The van der Waals surface area contributed by atoms with Crippen LogP contribution in [-0.4, -0.2) is 37.1 Å². The Hall–Kier alpha value is -0.640. The molecule has 1 aromatic heterocycles. The maximum absolute atomic E-state index is 11.6. The Morgan fingerprint density at radius 3 is 2.58 bits per heavy atom. The van der Waals surface area contributed by atoms with Crippen molar-refractivity contribution in [3.63, 3.8) is 0 Å². The fourth-order valence-corrected chi connectivity index (χ4v) is 3.25. The number of hydrogen-bond acceptors (Lipinski definition) is 6. The monoisotopic (exact) mass is 414 g/mol. The van der Waals surface area contributed by atoms with E-state index in [0.717, 1.165) is 16.3 Å². The molecule has 9 heteroatoms. The van der Waals surface area contributed by atoms with Gasteiger partial charge in [0.15, 0.2) is 17.2 Å². The van der Waals surface area contributed by atoms with Crippen LogP contribution in [0.3, 0.4) is 0 Å². The minimum atomic E-state index is -0.529. The highest BCUT2D eigenvalue weighted by molar-refractivity contribution is 9.13. The van der Waals surface area contributed by atoms with Gasteiger partial charge in [-0.1, -0.05) is 0 Å². The predicted octanol–water partition coefficient (Wildman–Crippen LogP) is 2.16. The highest BCUT2D eigenvalue weighted by atomic mass is 79.9. The number of likely N-dealkylation sites (N-methyl/N-ethyl adjacent to an activating group) is 1. The van der Waals surface area contributed by atoms with E-state index in [1.165, 1.54) is 7.11 Å². The molecule has 106 valence electrons. The lowest BCUT2D eigenvalue weighted by Crippen LogP contribution is -2.40. The molecule has 2 N–H and O–H groups in total. The van der Waals surface area contributed by atoms with E-state index in [-0.39, 0.29) is 23.1 Å². The summed E-state index contributed by atoms with van der Waals surface area (Å²) in [7, 11) is 1.28. The lowest BCUT2D eigenvalue weighted by atomic mass is 10.4. The van der Waals surface area contributed by atoms with Gasteiger partial charge in [0.2, 0.25) is 0 Å². The molecule has 0 aliphatic rings. The third kappa shape index (κ3) is 3.91. The SMILES string of the molecule is CCN(N)C(=O)COc1c(C(=O)OC)sc(Br)c1Br. The zero-order chi connectivity index (χ0) is 14.6. The minimum Gasteiger partial charge on any atom is -0.481 e. The summed E-state index contributed by atoms with van der Waals surface area (Å²) >= 11 is 7.71. The van der Waals surface area contributed by atoms with Crippen molar-refractivity contribution < 1.29 is 19.1 Å². The first-order valence-corrected chi connectivity index (χ1v) is 7.56. The first-order valence-electron chi connectivity index (χ1n) is 5.16. The normalized spacial score (nSPS) is 10.2. The van der Waals surface area contributed by atoms with Crippen molar-refractivity contribution in [1.82, 2.24) is 5.01 Å². The van der Waals surface area contributed by atoms with Gasteiger partial charge in [0.1, 0.15) is 0 Å². The Kier molecular flexibility index (Phi) is 6.24. The van der Waals surface area contributed by atoms with Crippen LogP contribution in [-0.2, 0) is 9.53 Å². The summed E-state index contributed by atoms with van der Waals surface area (Å²) in [5.74, 6) is 4.80. The first-order chi connectivity index (χ1) is 8.92. The van der Waals surface area contributed by atoms with Gasteiger partial charge in [-0.2, -0.15) is 0 Å². The van der Waals surface area contributed by atoms with Crippen LogP contribution >= 0.6 is 43.2 Å². The van der Waals surface area contributed by atoms with E-state index in [1.54, 1.807) is 6.92 Å². The van der Waals surface area contributed by atoms with E-state index < -0.39 is 5.97 Å². The largest absolute Gasteiger partial charge is 0.481 e. The zero-order valence-electron chi connectivity index (χ0n) is 10.2. The van der Waals surface area contributed by atoms with Crippen LogP contribution < -0.4 is 10.6 Å². The van der Waals surface area contributed by atoms with Gasteiger partial charge in [-0.15, -0.1) is 11.3 Å². The van der Waals surface area contributed by atoms with Gasteiger partial charge in [0.05, 0.1) is 15.4 Å². The van der Waals surface area contributed by atoms with Crippen LogP contribution in [0.2, 0.25) is 0 Å². The fourth-order valence-electron chi connectivity index (χ4n) is 1.12. The van der Waals surface area contributed by atoms with Crippen molar-refractivity contribution >= 4 is 55.1 Å². The van der Waals surface area contributed by atoms with E-state index >= 15 is 0 Å². The molecule has 0 atom stereocenters. The second-order valence-electron chi connectivity index (χ2n) is 3.31. The zero-order valence-corrected chi connectivity index (χ0v) is 14.2. The molecule has 0 aliphatic carbocycles. The van der Waals surface area contributed by atoms with E-state index in [4.69, 9.17) is 10.6 Å². The summed E-state index contributed by atoms with van der Waals surface area (Å²) in [6.45, 7) is 1.87. The van der Waals surface area contributed by atoms with Crippen molar-refractivity contribution in [3.8, 4) is 5.75 Å². The van der Waals surface area contributed by atoms with Crippen LogP contribution in [0.5, 0.6) is 5.75 Å². The average molecular weight is 416 g/mol. The van der Waals surface area contributed by atoms with E-state index in [9.17, 15) is 9.59 Å². The summed E-state index contributed by atoms with van der Waals surface area (Å²) in [6.07, 6.45) is 0. The van der Waals surface area contributed by atoms with Gasteiger partial charge in [0, 0.05) is 6.54 Å². The van der Waals surface area contributed by atoms with E-state index in [1.807, 2.05) is 0 Å². The Bertz CT molecular complexity index is 492. The quantitative estimate of drug-likeness (QED) is 0.345. The van der Waals surface area contributed by atoms with Crippen molar-refractivity contribution in [2.45, 2.75) is 6.92 Å². The molecule has 19 heavy (non-hydrogen) atoms. The van der Waals surface area contributed by atoms with Gasteiger partial charge in [-0.05, 0) is 38.8 Å². The number of halogens is 2. The molecule has 0 bridgehead atoms. The first kappa shape index (κ1) is 16.4. The third-order valence-corrected chi connectivity index (χ3v) is 5.51. The number of methoxy groups -OCH3 is 1. The molecule has 0 unspecified atom stereocenters. The summed E-state index contributed by atoms with van der Waals surface area (Å²) in [4.78, 5) is 23.4. The van der Waals surface area contributed by atoms with Crippen molar-refractivity contribution in [2.75, 3.05) is 20.3 Å². The molecule has 1 aromatic rings. The molecule has 0 radical (unpaired) electrons. The highest BCUT2D eigenvalue weighted by Gasteiger charge is 2.23. The third-order valence-electron chi connectivity index (χ3n) is 2.14. The van der Waals surface area contributed by atoms with Crippen LogP contribution in [0.1, 0.15) is 16.6 Å². The maximum atomic E-state index is 11.6. The van der Waals surface area contributed by atoms with Crippen molar-refractivity contribution in [1.29, 1.82) is 0 Å². The number of amides is 1. The average Bonchev–Trinajstić information content (AvgIpc) is 2.70. The van der Waals surface area contributed by atoms with Gasteiger partial charge >= 0.3 is 5.97 Å². The van der Waals surface area contributed by atoms with E-state index in [2.05, 4.69) is 36.6 Å². The number of rotatable bonds is 5. The molecule has 0 spiro atoms. The standard InChI is InChI=1S/C10H12Br2N2O4S/c1-3-14(13)5(15)4-18-7-6(11)9(12)19-8(7)10(16)17-2/h3-4,13H2,1-2H3. The number of nitrogens with two attached hydrogens (primary N) is 1. The summed E-state index contributed by atoms with van der Waals surface area (Å²) in [6, 6.07) is 0. The van der Waals surface area contributed by atoms with E-state index in [0.29, 0.717) is 14.8 Å². The molecule has 6 nitrogen and oxygen atoms in total.